The number of rotatable bonds is 4. The van der Waals surface area contributed by atoms with Crippen LogP contribution in [-0.4, -0.2) is 28.9 Å². The SMILES string of the molecule is O=c1c(Cl)c(N2CCC(Nc3ccccc3F)CC2)cnn1-c1ccc(Cl)cc1. The van der Waals surface area contributed by atoms with Crippen LogP contribution >= 0.6 is 23.2 Å². The Hall–Kier alpha value is -2.57. The van der Waals surface area contributed by atoms with Gasteiger partial charge in [0.05, 0.1) is 23.3 Å². The normalized spacial score (nSPS) is 14.8. The average Bonchev–Trinajstić information content (AvgIpc) is 2.73. The Bertz CT molecular complexity index is 1060. The van der Waals surface area contributed by atoms with E-state index >= 15 is 0 Å². The third kappa shape index (κ3) is 4.23. The standard InChI is InChI=1S/C21H19Cl2FN4O/c22-14-5-7-16(8-6-14)28-21(29)20(23)19(13-25-28)27-11-9-15(10-12-27)26-18-4-2-1-3-17(18)24/h1-8,13,15,26H,9-12H2. The van der Waals surface area contributed by atoms with Crippen LogP contribution in [0.3, 0.4) is 0 Å². The first-order chi connectivity index (χ1) is 14.0. The summed E-state index contributed by atoms with van der Waals surface area (Å²) in [6.45, 7) is 1.38. The van der Waals surface area contributed by atoms with E-state index in [9.17, 15) is 9.18 Å². The molecule has 3 aromatic rings. The van der Waals surface area contributed by atoms with Crippen molar-refractivity contribution < 1.29 is 4.39 Å². The second-order valence-corrected chi connectivity index (χ2v) is 7.74. The molecule has 1 fully saturated rings. The topological polar surface area (TPSA) is 50.2 Å². The second-order valence-electron chi connectivity index (χ2n) is 6.92. The molecule has 0 atom stereocenters. The number of aromatic nitrogens is 2. The highest BCUT2D eigenvalue weighted by molar-refractivity contribution is 6.33. The fourth-order valence-corrected chi connectivity index (χ4v) is 3.85. The molecule has 2 aromatic carbocycles. The summed E-state index contributed by atoms with van der Waals surface area (Å²) in [4.78, 5) is 14.8. The first-order valence-corrected chi connectivity index (χ1v) is 10.1. The van der Waals surface area contributed by atoms with E-state index in [2.05, 4.69) is 10.4 Å². The Morgan fingerprint density at radius 3 is 2.41 bits per heavy atom. The lowest BCUT2D eigenvalue weighted by Crippen LogP contribution is -2.40. The van der Waals surface area contributed by atoms with E-state index in [-0.39, 0.29) is 22.4 Å². The summed E-state index contributed by atoms with van der Waals surface area (Å²) < 4.78 is 15.1. The first-order valence-electron chi connectivity index (χ1n) is 9.33. The molecule has 1 aliphatic heterocycles. The molecule has 5 nitrogen and oxygen atoms in total. The average molecular weight is 433 g/mol. The minimum absolute atomic E-state index is 0.135. The second kappa shape index (κ2) is 8.43. The lowest BCUT2D eigenvalue weighted by molar-refractivity contribution is 0.521. The fourth-order valence-electron chi connectivity index (χ4n) is 3.47. The van der Waals surface area contributed by atoms with Crippen LogP contribution in [0.5, 0.6) is 0 Å². The lowest BCUT2D eigenvalue weighted by Gasteiger charge is -2.34. The maximum atomic E-state index is 13.8. The molecule has 0 aliphatic carbocycles. The molecule has 0 amide bonds. The summed E-state index contributed by atoms with van der Waals surface area (Å²) in [5.74, 6) is -0.256. The molecule has 29 heavy (non-hydrogen) atoms. The van der Waals surface area contributed by atoms with Gasteiger partial charge in [-0.3, -0.25) is 4.79 Å². The fraction of sp³-hybridized carbons (Fsp3) is 0.238. The van der Waals surface area contributed by atoms with E-state index in [0.29, 0.717) is 35.2 Å². The van der Waals surface area contributed by atoms with Crippen LogP contribution in [0.25, 0.3) is 5.69 Å². The zero-order chi connectivity index (χ0) is 20.4. The first kappa shape index (κ1) is 19.7. The third-order valence-electron chi connectivity index (χ3n) is 5.04. The molecule has 1 saturated heterocycles. The van der Waals surface area contributed by atoms with Crippen LogP contribution in [-0.2, 0) is 0 Å². The number of para-hydroxylation sites is 1. The van der Waals surface area contributed by atoms with Gasteiger partial charge in [-0.1, -0.05) is 35.3 Å². The van der Waals surface area contributed by atoms with Gasteiger partial charge in [0.15, 0.2) is 0 Å². The molecule has 0 saturated carbocycles. The van der Waals surface area contributed by atoms with Gasteiger partial charge in [-0.05, 0) is 49.2 Å². The van der Waals surface area contributed by atoms with Gasteiger partial charge in [-0.2, -0.15) is 9.78 Å². The Balaban J connectivity index is 1.47. The smallest absolute Gasteiger partial charge is 0.292 e. The minimum atomic E-state index is -0.377. The van der Waals surface area contributed by atoms with Crippen molar-refractivity contribution in [1.82, 2.24) is 9.78 Å². The van der Waals surface area contributed by atoms with Crippen molar-refractivity contribution >= 4 is 34.6 Å². The predicted molar refractivity (Wildman–Crippen MR) is 115 cm³/mol. The molecule has 1 aromatic heterocycles. The van der Waals surface area contributed by atoms with Gasteiger partial charge in [0.2, 0.25) is 0 Å². The maximum Gasteiger partial charge on any atom is 0.292 e. The summed E-state index contributed by atoms with van der Waals surface area (Å²) in [5, 5.41) is 8.25. The highest BCUT2D eigenvalue weighted by atomic mass is 35.5. The van der Waals surface area contributed by atoms with Gasteiger partial charge >= 0.3 is 0 Å². The van der Waals surface area contributed by atoms with Crippen molar-refractivity contribution in [2.75, 3.05) is 23.3 Å². The summed E-state index contributed by atoms with van der Waals surface area (Å²) in [7, 11) is 0. The van der Waals surface area contributed by atoms with E-state index in [0.717, 1.165) is 12.8 Å². The molecular weight excluding hydrogens is 414 g/mol. The van der Waals surface area contributed by atoms with Crippen molar-refractivity contribution in [1.29, 1.82) is 0 Å². The highest BCUT2D eigenvalue weighted by Crippen LogP contribution is 2.27. The van der Waals surface area contributed by atoms with Crippen LogP contribution in [0, 0.1) is 5.82 Å². The van der Waals surface area contributed by atoms with Gasteiger partial charge in [-0.15, -0.1) is 0 Å². The van der Waals surface area contributed by atoms with E-state index in [1.165, 1.54) is 10.7 Å². The molecule has 2 heterocycles. The van der Waals surface area contributed by atoms with Gasteiger partial charge in [0, 0.05) is 24.2 Å². The van der Waals surface area contributed by atoms with Crippen molar-refractivity contribution in [3.05, 3.63) is 80.9 Å². The van der Waals surface area contributed by atoms with Crippen LogP contribution in [0.15, 0.2) is 59.5 Å². The number of benzene rings is 2. The number of hydrogen-bond donors (Lipinski definition) is 1. The van der Waals surface area contributed by atoms with E-state index < -0.39 is 0 Å². The minimum Gasteiger partial charge on any atom is -0.380 e. The molecular formula is C21H19Cl2FN4O. The molecule has 4 rings (SSSR count). The summed E-state index contributed by atoms with van der Waals surface area (Å²) in [5.41, 5.74) is 1.35. The third-order valence-corrected chi connectivity index (χ3v) is 5.65. The molecule has 0 unspecified atom stereocenters. The van der Waals surface area contributed by atoms with E-state index in [1.807, 2.05) is 11.0 Å². The van der Waals surface area contributed by atoms with Crippen LogP contribution in [0.2, 0.25) is 10.0 Å². The summed E-state index contributed by atoms with van der Waals surface area (Å²) >= 11 is 12.3. The maximum absolute atomic E-state index is 13.8. The monoisotopic (exact) mass is 432 g/mol. The molecule has 150 valence electrons. The molecule has 0 radical (unpaired) electrons. The molecule has 1 aliphatic rings. The largest absolute Gasteiger partial charge is 0.380 e. The molecule has 8 heteroatoms. The van der Waals surface area contributed by atoms with Gasteiger partial charge in [-0.25, -0.2) is 4.39 Å². The van der Waals surface area contributed by atoms with Crippen molar-refractivity contribution in [3.8, 4) is 5.69 Å². The Kier molecular flexibility index (Phi) is 5.74. The zero-order valence-corrected chi connectivity index (χ0v) is 17.0. The van der Waals surface area contributed by atoms with Gasteiger partial charge in [0.1, 0.15) is 10.8 Å². The molecule has 0 spiro atoms. The number of halogens is 3. The molecule has 1 N–H and O–H groups in total. The quantitative estimate of drug-likeness (QED) is 0.645. The predicted octanol–water partition coefficient (Wildman–Crippen LogP) is 4.76. The van der Waals surface area contributed by atoms with Crippen molar-refractivity contribution in [3.63, 3.8) is 0 Å². The van der Waals surface area contributed by atoms with E-state index in [4.69, 9.17) is 23.2 Å². The number of anilines is 2. The lowest BCUT2D eigenvalue weighted by atomic mass is 10.0. The van der Waals surface area contributed by atoms with Crippen molar-refractivity contribution in [2.24, 2.45) is 0 Å². The van der Waals surface area contributed by atoms with Gasteiger partial charge in [0.25, 0.3) is 5.56 Å². The number of nitrogens with one attached hydrogen (secondary N) is 1. The number of nitrogens with zero attached hydrogens (tertiary/aromatic N) is 3. The highest BCUT2D eigenvalue weighted by Gasteiger charge is 2.23. The van der Waals surface area contributed by atoms with Crippen LogP contribution in [0.1, 0.15) is 12.8 Å². The Morgan fingerprint density at radius 2 is 1.72 bits per heavy atom. The van der Waals surface area contributed by atoms with Crippen molar-refractivity contribution in [2.45, 2.75) is 18.9 Å². The zero-order valence-electron chi connectivity index (χ0n) is 15.5. The van der Waals surface area contributed by atoms with E-state index in [1.54, 1.807) is 42.6 Å². The van der Waals surface area contributed by atoms with Crippen LogP contribution < -0.4 is 15.8 Å². The Morgan fingerprint density at radius 1 is 1.03 bits per heavy atom. The number of hydrogen-bond acceptors (Lipinski definition) is 4. The summed E-state index contributed by atoms with van der Waals surface area (Å²) in [6, 6.07) is 13.6. The summed E-state index contributed by atoms with van der Waals surface area (Å²) in [6.07, 6.45) is 3.21. The van der Waals surface area contributed by atoms with Gasteiger partial charge < -0.3 is 10.2 Å². The Labute approximate surface area is 177 Å². The number of piperidine rings is 1. The molecule has 0 bridgehead atoms. The van der Waals surface area contributed by atoms with Crippen LogP contribution in [0.4, 0.5) is 15.8 Å².